The quantitative estimate of drug-likeness (QED) is 0.687. The maximum atomic E-state index is 10.1. The van der Waals surface area contributed by atoms with E-state index in [0.717, 1.165) is 28.7 Å². The molecule has 3 rings (SSSR count). The van der Waals surface area contributed by atoms with Crippen LogP contribution in [0.15, 0.2) is 30.3 Å². The lowest BCUT2D eigenvalue weighted by Gasteiger charge is -2.20. The zero-order valence-corrected chi connectivity index (χ0v) is 14.9. The van der Waals surface area contributed by atoms with Gasteiger partial charge in [0, 0.05) is 24.7 Å². The molecule has 0 unspecified atom stereocenters. The van der Waals surface area contributed by atoms with Crippen LogP contribution >= 0.6 is 11.3 Å². The number of aromatic nitrogens is 1. The number of hydrogen-bond donors (Lipinski definition) is 3. The molecule has 24 heavy (non-hydrogen) atoms. The van der Waals surface area contributed by atoms with Crippen molar-refractivity contribution in [2.75, 3.05) is 17.2 Å². The fraction of sp³-hybridized carbons (Fsp3) is 0.526. The normalized spacial score (nSPS) is 16.3. The lowest BCUT2D eigenvalue weighted by molar-refractivity contribution is 0.450. The van der Waals surface area contributed by atoms with Crippen molar-refractivity contribution in [1.82, 2.24) is 4.98 Å². The Kier molecular flexibility index (Phi) is 6.35. The molecule has 1 aromatic carbocycles. The van der Waals surface area contributed by atoms with E-state index in [0.29, 0.717) is 6.04 Å². The fourth-order valence-electron chi connectivity index (χ4n) is 3.22. The highest BCUT2D eigenvalue weighted by atomic mass is 32.1. The van der Waals surface area contributed by atoms with Gasteiger partial charge in [0.15, 0.2) is 5.13 Å². The summed E-state index contributed by atoms with van der Waals surface area (Å²) in [5.41, 5.74) is 1.11. The maximum Gasteiger partial charge on any atom is 0.227 e. The Bertz CT molecular complexity index is 606. The van der Waals surface area contributed by atoms with Crippen LogP contribution in [0.5, 0.6) is 5.88 Å². The lowest BCUT2D eigenvalue weighted by atomic mass is 9.97. The van der Waals surface area contributed by atoms with Gasteiger partial charge in [-0.05, 0) is 25.0 Å². The Balaban J connectivity index is 1.50. The summed E-state index contributed by atoms with van der Waals surface area (Å²) in [5.74, 6) is 0.184. The van der Waals surface area contributed by atoms with Gasteiger partial charge in [0.2, 0.25) is 5.88 Å². The van der Waals surface area contributed by atoms with Gasteiger partial charge >= 0.3 is 0 Å². The van der Waals surface area contributed by atoms with Gasteiger partial charge in [0.05, 0.1) is 4.88 Å². The number of anilines is 2. The van der Waals surface area contributed by atoms with Crippen molar-refractivity contribution in [3.8, 4) is 5.88 Å². The highest BCUT2D eigenvalue weighted by Gasteiger charge is 2.15. The van der Waals surface area contributed by atoms with Crippen LogP contribution < -0.4 is 10.6 Å². The molecule has 130 valence electrons. The molecule has 0 bridgehead atoms. The molecular formula is C19H27N3OS. The predicted molar refractivity (Wildman–Crippen MR) is 102 cm³/mol. The van der Waals surface area contributed by atoms with Crippen LogP contribution in [0.3, 0.4) is 0 Å². The van der Waals surface area contributed by atoms with Crippen LogP contribution in [0, 0.1) is 0 Å². The van der Waals surface area contributed by atoms with E-state index >= 15 is 0 Å². The zero-order valence-electron chi connectivity index (χ0n) is 14.1. The molecule has 3 N–H and O–H groups in total. The van der Waals surface area contributed by atoms with Gasteiger partial charge in [-0.3, -0.25) is 0 Å². The number of rotatable bonds is 6. The van der Waals surface area contributed by atoms with Gasteiger partial charge in [0.1, 0.15) is 0 Å². The van der Waals surface area contributed by atoms with Gasteiger partial charge in [-0.1, -0.05) is 61.6 Å². The van der Waals surface area contributed by atoms with E-state index in [4.69, 9.17) is 0 Å². The Morgan fingerprint density at radius 1 is 1.04 bits per heavy atom. The first kappa shape index (κ1) is 17.1. The number of thiazole rings is 1. The summed E-state index contributed by atoms with van der Waals surface area (Å²) in [7, 11) is 0. The largest absolute Gasteiger partial charge is 0.492 e. The van der Waals surface area contributed by atoms with E-state index in [-0.39, 0.29) is 5.88 Å². The minimum absolute atomic E-state index is 0.184. The third kappa shape index (κ3) is 5.13. The van der Waals surface area contributed by atoms with Crippen molar-refractivity contribution in [3.05, 3.63) is 35.2 Å². The van der Waals surface area contributed by atoms with Gasteiger partial charge in [-0.25, -0.2) is 0 Å². The smallest absolute Gasteiger partial charge is 0.227 e. The molecule has 4 nitrogen and oxygen atoms in total. The van der Waals surface area contributed by atoms with Gasteiger partial charge in [-0.15, -0.1) is 0 Å². The van der Waals surface area contributed by atoms with E-state index < -0.39 is 0 Å². The average molecular weight is 346 g/mol. The van der Waals surface area contributed by atoms with Gasteiger partial charge < -0.3 is 15.7 Å². The number of aromatic hydroxyl groups is 1. The van der Waals surface area contributed by atoms with Crippen molar-refractivity contribution in [2.24, 2.45) is 0 Å². The number of benzene rings is 1. The minimum Gasteiger partial charge on any atom is -0.492 e. The third-order valence-corrected chi connectivity index (χ3v) is 5.60. The Hall–Kier alpha value is -1.75. The maximum absolute atomic E-state index is 10.1. The molecule has 2 aromatic rings. The van der Waals surface area contributed by atoms with Crippen LogP contribution in [0.1, 0.15) is 49.8 Å². The first-order valence-electron chi connectivity index (χ1n) is 9.05. The molecule has 1 heterocycles. The van der Waals surface area contributed by atoms with Crippen molar-refractivity contribution in [3.63, 3.8) is 0 Å². The van der Waals surface area contributed by atoms with E-state index in [1.165, 1.54) is 44.9 Å². The van der Waals surface area contributed by atoms with E-state index in [9.17, 15) is 5.11 Å². The number of para-hydroxylation sites is 1. The fourth-order valence-corrected chi connectivity index (χ4v) is 4.15. The molecule has 0 atom stereocenters. The first-order valence-corrected chi connectivity index (χ1v) is 9.87. The molecule has 0 aliphatic heterocycles. The molecule has 1 fully saturated rings. The Morgan fingerprint density at radius 3 is 2.50 bits per heavy atom. The second-order valence-corrected chi connectivity index (χ2v) is 7.58. The topological polar surface area (TPSA) is 57.2 Å². The average Bonchev–Trinajstić information content (AvgIpc) is 2.91. The van der Waals surface area contributed by atoms with E-state index in [1.54, 1.807) is 11.3 Å². The highest BCUT2D eigenvalue weighted by Crippen LogP contribution is 2.30. The lowest BCUT2D eigenvalue weighted by Crippen LogP contribution is -2.20. The SMILES string of the molecule is Oc1nc(NC2CCCCCCC2)sc1CCNc1ccccc1. The van der Waals surface area contributed by atoms with Crippen molar-refractivity contribution < 1.29 is 5.11 Å². The number of hydrogen-bond acceptors (Lipinski definition) is 5. The van der Waals surface area contributed by atoms with Crippen molar-refractivity contribution in [2.45, 2.75) is 57.4 Å². The van der Waals surface area contributed by atoms with Crippen molar-refractivity contribution >= 4 is 22.2 Å². The summed E-state index contributed by atoms with van der Waals surface area (Å²) in [6.45, 7) is 0.794. The summed E-state index contributed by atoms with van der Waals surface area (Å²) < 4.78 is 0. The molecule has 1 aromatic heterocycles. The predicted octanol–water partition coefficient (Wildman–Crippen LogP) is 5.03. The van der Waals surface area contributed by atoms with Gasteiger partial charge in [-0.2, -0.15) is 4.98 Å². The standard InChI is InChI=1S/C19H27N3OS/c23-18-17(13-14-20-15-9-7-4-8-10-15)24-19(22-18)21-16-11-5-2-1-3-6-12-16/h4,7-10,16,20,23H,1-3,5-6,11-14H2,(H,21,22). The molecule has 1 saturated carbocycles. The number of nitrogens with one attached hydrogen (secondary N) is 2. The molecule has 0 saturated heterocycles. The minimum atomic E-state index is 0.184. The first-order chi connectivity index (χ1) is 11.8. The molecule has 0 radical (unpaired) electrons. The zero-order chi connectivity index (χ0) is 16.6. The monoisotopic (exact) mass is 345 g/mol. The van der Waals surface area contributed by atoms with Crippen LogP contribution in [0.25, 0.3) is 0 Å². The second kappa shape index (κ2) is 8.92. The second-order valence-electron chi connectivity index (χ2n) is 6.49. The third-order valence-electron chi connectivity index (χ3n) is 4.56. The van der Waals surface area contributed by atoms with Crippen LogP contribution in [0.4, 0.5) is 10.8 Å². The molecule has 0 amide bonds. The van der Waals surface area contributed by atoms with E-state index in [1.807, 2.05) is 30.3 Å². The van der Waals surface area contributed by atoms with Crippen LogP contribution in [0.2, 0.25) is 0 Å². The van der Waals surface area contributed by atoms with Crippen LogP contribution in [-0.4, -0.2) is 22.7 Å². The van der Waals surface area contributed by atoms with Crippen LogP contribution in [-0.2, 0) is 6.42 Å². The molecular weight excluding hydrogens is 318 g/mol. The summed E-state index contributed by atoms with van der Waals surface area (Å²) >= 11 is 1.59. The molecule has 5 heteroatoms. The van der Waals surface area contributed by atoms with Gasteiger partial charge in [0.25, 0.3) is 0 Å². The molecule has 0 spiro atoms. The summed E-state index contributed by atoms with van der Waals surface area (Å²) in [5, 5.41) is 17.9. The Morgan fingerprint density at radius 2 is 1.75 bits per heavy atom. The Labute approximate surface area is 148 Å². The molecule has 1 aliphatic carbocycles. The number of nitrogens with zero attached hydrogens (tertiary/aromatic N) is 1. The summed E-state index contributed by atoms with van der Waals surface area (Å²) in [6, 6.07) is 10.6. The summed E-state index contributed by atoms with van der Waals surface area (Å²) in [6.07, 6.45) is 9.87. The highest BCUT2D eigenvalue weighted by molar-refractivity contribution is 7.15. The summed E-state index contributed by atoms with van der Waals surface area (Å²) in [4.78, 5) is 5.27. The van der Waals surface area contributed by atoms with Crippen molar-refractivity contribution in [1.29, 1.82) is 0 Å². The molecule has 1 aliphatic rings. The van der Waals surface area contributed by atoms with E-state index in [2.05, 4.69) is 15.6 Å².